The van der Waals surface area contributed by atoms with Crippen LogP contribution in [0, 0.1) is 20.8 Å². The van der Waals surface area contributed by atoms with E-state index < -0.39 is 0 Å². The highest BCUT2D eigenvalue weighted by Gasteiger charge is 2.22. The van der Waals surface area contributed by atoms with Crippen LogP contribution in [-0.2, 0) is 19.4 Å². The van der Waals surface area contributed by atoms with Crippen molar-refractivity contribution in [3.8, 4) is 23.0 Å². The van der Waals surface area contributed by atoms with E-state index in [1.807, 2.05) is 30.9 Å². The molecule has 0 amide bonds. The number of nitrogens with one attached hydrogen (secondary N) is 2. The first-order chi connectivity index (χ1) is 30.5. The minimum absolute atomic E-state index is 0.0121. The Balaban J connectivity index is 0.000000402. The van der Waals surface area contributed by atoms with Crippen molar-refractivity contribution >= 4 is 56.7 Å². The summed E-state index contributed by atoms with van der Waals surface area (Å²) < 4.78 is 2.35. The Labute approximate surface area is 389 Å². The lowest BCUT2D eigenvalue weighted by atomic mass is 10.0. The molecule has 1 aromatic heterocycles. The standard InChI is InChI=1S/C25H31N3O2S.C24H32N2O2.C3H8.CH5N/c1-7-11-27-16(4)15(3)20-13-19(9-10-22(20)27)28(25(31)26-6)17(5)21-12-18(8-2)23(29)14-24(21)30;1-7-10-17(5)26(9-3)22-12-11-20(13-16(22)4)25-18(6)21-14-19(8-2)23(27)15-24(21)28;1-3-2;1-2/h9-10,12-14,29-30H,5,7-8,11H2,1-4,6H3,(H,26,31);10-15,25,27-28H,6-9H2,1-5H3;3H2,1-2H3;2H2,1H3/b;17-10+;;. The number of anilines is 3. The first-order valence-corrected chi connectivity index (χ1v) is 22.9. The number of rotatable bonds is 14. The van der Waals surface area contributed by atoms with Gasteiger partial charge in [0.1, 0.15) is 23.0 Å². The number of thiocarbonyl (C=S) groups is 1. The van der Waals surface area contributed by atoms with Gasteiger partial charge in [-0.15, -0.1) is 0 Å². The van der Waals surface area contributed by atoms with Gasteiger partial charge in [-0.2, -0.15) is 0 Å². The molecule has 0 unspecified atom stereocenters. The molecule has 5 aromatic rings. The Bertz CT molecular complexity index is 2400. The van der Waals surface area contributed by atoms with E-state index in [-0.39, 0.29) is 23.0 Å². The van der Waals surface area contributed by atoms with E-state index in [1.54, 1.807) is 19.2 Å². The second-order valence-electron chi connectivity index (χ2n) is 15.4. The number of nitrogens with two attached hydrogens (primary N) is 1. The zero-order chi connectivity index (χ0) is 48.4. The molecular formula is C53H76N6O4S. The molecule has 10 nitrogen and oxygen atoms in total. The maximum atomic E-state index is 10.5. The molecule has 0 radical (unpaired) electrons. The SMILES string of the molecule is C=C(Nc1ccc(N(CC)/C(C)=C/CC)c(C)c1)c1cc(CC)c(O)cc1O.C=C(c1cc(CC)c(O)cc1O)N(C(=S)NC)c1ccc2c(c1)c(C)c(C)n2CCC.CCC.CN. The molecule has 64 heavy (non-hydrogen) atoms. The second-order valence-corrected chi connectivity index (χ2v) is 15.8. The molecule has 4 aromatic carbocycles. The fraction of sp³-hybridized carbons (Fsp3) is 0.377. The predicted octanol–water partition coefficient (Wildman–Crippen LogP) is 12.8. The van der Waals surface area contributed by atoms with Gasteiger partial charge in [0.25, 0.3) is 0 Å². The number of phenols is 4. The van der Waals surface area contributed by atoms with Crippen LogP contribution in [0.1, 0.15) is 114 Å². The van der Waals surface area contributed by atoms with Crippen LogP contribution in [-0.4, -0.2) is 50.7 Å². The molecule has 11 heteroatoms. The summed E-state index contributed by atoms with van der Waals surface area (Å²) in [6.45, 7) is 33.4. The molecule has 0 saturated heterocycles. The molecule has 8 N–H and O–H groups in total. The van der Waals surface area contributed by atoms with Crippen molar-refractivity contribution < 1.29 is 20.4 Å². The van der Waals surface area contributed by atoms with Crippen molar-refractivity contribution in [3.05, 3.63) is 125 Å². The summed E-state index contributed by atoms with van der Waals surface area (Å²) in [5, 5.41) is 48.7. The van der Waals surface area contributed by atoms with E-state index in [9.17, 15) is 20.4 Å². The lowest BCUT2D eigenvalue weighted by Gasteiger charge is -2.28. The zero-order valence-electron chi connectivity index (χ0n) is 40.8. The maximum Gasteiger partial charge on any atom is 0.177 e. The van der Waals surface area contributed by atoms with E-state index in [1.165, 1.54) is 59.1 Å². The average molecular weight is 893 g/mol. The zero-order valence-corrected chi connectivity index (χ0v) is 41.6. The van der Waals surface area contributed by atoms with Crippen molar-refractivity contribution in [1.82, 2.24) is 9.88 Å². The molecular weight excluding hydrogens is 817 g/mol. The third-order valence-corrected chi connectivity index (χ3v) is 11.2. The van der Waals surface area contributed by atoms with E-state index in [2.05, 4.69) is 132 Å². The van der Waals surface area contributed by atoms with Crippen molar-refractivity contribution in [1.29, 1.82) is 0 Å². The van der Waals surface area contributed by atoms with Gasteiger partial charge in [-0.3, -0.25) is 4.90 Å². The molecule has 1 heterocycles. The number of hydrogen-bond acceptors (Lipinski definition) is 8. The van der Waals surface area contributed by atoms with Crippen LogP contribution in [0.25, 0.3) is 22.3 Å². The maximum absolute atomic E-state index is 10.5. The van der Waals surface area contributed by atoms with Gasteiger partial charge in [-0.05, 0) is 150 Å². The van der Waals surface area contributed by atoms with Crippen LogP contribution < -0.4 is 26.2 Å². The number of aromatic hydroxyl groups is 4. The van der Waals surface area contributed by atoms with Crippen molar-refractivity contribution in [2.45, 2.75) is 115 Å². The van der Waals surface area contributed by atoms with E-state index >= 15 is 0 Å². The third-order valence-electron chi connectivity index (χ3n) is 10.8. The van der Waals surface area contributed by atoms with Crippen LogP contribution >= 0.6 is 12.2 Å². The number of aromatic nitrogens is 1. The van der Waals surface area contributed by atoms with Gasteiger partial charge in [0, 0.05) is 88.4 Å². The summed E-state index contributed by atoms with van der Waals surface area (Å²) in [5.74, 6) is 0.153. The summed E-state index contributed by atoms with van der Waals surface area (Å²) >= 11 is 5.61. The highest BCUT2D eigenvalue weighted by molar-refractivity contribution is 7.80. The largest absolute Gasteiger partial charge is 0.508 e. The summed E-state index contributed by atoms with van der Waals surface area (Å²) in [4.78, 5) is 4.13. The predicted molar refractivity (Wildman–Crippen MR) is 280 cm³/mol. The molecule has 0 saturated carbocycles. The van der Waals surface area contributed by atoms with Gasteiger partial charge in [0.05, 0.1) is 5.70 Å². The smallest absolute Gasteiger partial charge is 0.177 e. The van der Waals surface area contributed by atoms with Crippen LogP contribution in [0.4, 0.5) is 17.1 Å². The summed E-state index contributed by atoms with van der Waals surface area (Å²) in [6, 6.07) is 18.8. The number of aryl methyl sites for hydroxylation is 5. The van der Waals surface area contributed by atoms with E-state index in [4.69, 9.17) is 12.2 Å². The van der Waals surface area contributed by atoms with Crippen molar-refractivity contribution in [2.24, 2.45) is 5.73 Å². The minimum Gasteiger partial charge on any atom is -0.508 e. The summed E-state index contributed by atoms with van der Waals surface area (Å²) in [6.07, 6.45) is 6.88. The minimum atomic E-state index is -0.0363. The van der Waals surface area contributed by atoms with Gasteiger partial charge in [-0.25, -0.2) is 0 Å². The number of nitrogens with zero attached hydrogens (tertiary/aromatic N) is 3. The van der Waals surface area contributed by atoms with Gasteiger partial charge in [0.15, 0.2) is 5.11 Å². The summed E-state index contributed by atoms with van der Waals surface area (Å²) in [7, 11) is 3.27. The fourth-order valence-corrected chi connectivity index (χ4v) is 7.71. The first-order valence-electron chi connectivity index (χ1n) is 22.5. The number of hydrogen-bond donors (Lipinski definition) is 7. The topological polar surface area (TPSA) is 142 Å². The Morgan fingerprint density at radius 1 is 0.781 bits per heavy atom. The Morgan fingerprint density at radius 2 is 1.34 bits per heavy atom. The lowest BCUT2D eigenvalue weighted by molar-refractivity contribution is 0.444. The highest BCUT2D eigenvalue weighted by Crippen LogP contribution is 2.38. The molecule has 0 aliphatic rings. The number of allylic oxidation sites excluding steroid dienone is 2. The van der Waals surface area contributed by atoms with Gasteiger partial charge in [0.2, 0.25) is 0 Å². The quantitative estimate of drug-likeness (QED) is 0.0539. The normalized spacial score (nSPS) is 10.7. The molecule has 0 spiro atoms. The molecule has 0 atom stereocenters. The van der Waals surface area contributed by atoms with Crippen LogP contribution in [0.15, 0.2) is 85.6 Å². The van der Waals surface area contributed by atoms with Gasteiger partial charge >= 0.3 is 0 Å². The fourth-order valence-electron chi connectivity index (χ4n) is 7.49. The molecule has 0 fully saturated rings. The Kier molecular flexibility index (Phi) is 22.0. The monoisotopic (exact) mass is 893 g/mol. The molecule has 5 rings (SSSR count). The molecule has 0 aliphatic heterocycles. The Hall–Kier alpha value is -5.91. The highest BCUT2D eigenvalue weighted by atomic mass is 32.1. The first kappa shape index (κ1) is 54.2. The van der Waals surface area contributed by atoms with Crippen LogP contribution in [0.3, 0.4) is 0 Å². The van der Waals surface area contributed by atoms with Crippen molar-refractivity contribution in [3.63, 3.8) is 0 Å². The van der Waals surface area contributed by atoms with Crippen molar-refractivity contribution in [2.75, 3.05) is 35.8 Å². The van der Waals surface area contributed by atoms with E-state index in [0.717, 1.165) is 54.0 Å². The number of phenolic OH excluding ortho intramolecular Hbond substituents is 4. The Morgan fingerprint density at radius 3 is 1.84 bits per heavy atom. The molecule has 348 valence electrons. The van der Waals surface area contributed by atoms with Crippen LogP contribution in [0.2, 0.25) is 0 Å². The number of benzene rings is 4. The third kappa shape index (κ3) is 13.1. The average Bonchev–Trinajstić information content (AvgIpc) is 3.50. The summed E-state index contributed by atoms with van der Waals surface area (Å²) in [5.41, 5.74) is 17.3. The second kappa shape index (κ2) is 26.0. The van der Waals surface area contributed by atoms with Gasteiger partial charge in [-0.1, -0.05) is 67.2 Å². The number of fused-ring (bicyclic) bond motifs is 1. The lowest BCUT2D eigenvalue weighted by Crippen LogP contribution is -2.36. The van der Waals surface area contributed by atoms with Crippen LogP contribution in [0.5, 0.6) is 23.0 Å². The van der Waals surface area contributed by atoms with E-state index in [0.29, 0.717) is 40.5 Å². The van der Waals surface area contributed by atoms with Gasteiger partial charge < -0.3 is 46.3 Å². The molecule has 0 aliphatic carbocycles. The molecule has 0 bridgehead atoms.